The number of likely N-dealkylation sites (tertiary alicyclic amines) is 1. The highest BCUT2D eigenvalue weighted by Crippen LogP contribution is 2.36. The van der Waals surface area contributed by atoms with Crippen molar-refractivity contribution in [3.8, 4) is 0 Å². The molecule has 1 aliphatic carbocycles. The molecule has 2 heteroatoms. The highest BCUT2D eigenvalue weighted by molar-refractivity contribution is 4.89. The lowest BCUT2D eigenvalue weighted by molar-refractivity contribution is -0.0169. The van der Waals surface area contributed by atoms with E-state index < -0.39 is 0 Å². The van der Waals surface area contributed by atoms with E-state index >= 15 is 0 Å². The second-order valence-corrected chi connectivity index (χ2v) is 7.13. The summed E-state index contributed by atoms with van der Waals surface area (Å²) in [5.41, 5.74) is 0.0155. The number of hydrogen-bond acceptors (Lipinski definition) is 2. The minimum absolute atomic E-state index is 0.0155. The first-order valence-corrected chi connectivity index (χ1v) is 7.40. The Morgan fingerprint density at radius 2 is 1.76 bits per heavy atom. The lowest BCUT2D eigenvalue weighted by Crippen LogP contribution is -2.51. The molecule has 1 saturated heterocycles. The van der Waals surface area contributed by atoms with Gasteiger partial charge in [0.15, 0.2) is 0 Å². The predicted octanol–water partition coefficient (Wildman–Crippen LogP) is 3.05. The van der Waals surface area contributed by atoms with Gasteiger partial charge < -0.3 is 5.11 Å². The summed E-state index contributed by atoms with van der Waals surface area (Å²) in [6.45, 7) is 8.50. The first kappa shape index (κ1) is 13.4. The van der Waals surface area contributed by atoms with Gasteiger partial charge in [-0.05, 0) is 43.6 Å². The van der Waals surface area contributed by atoms with E-state index in [1.807, 2.05) is 0 Å². The maximum atomic E-state index is 10.3. The normalized spacial score (nSPS) is 33.2. The van der Waals surface area contributed by atoms with E-state index in [2.05, 4.69) is 25.7 Å². The highest BCUT2D eigenvalue weighted by atomic mass is 16.3. The van der Waals surface area contributed by atoms with Crippen molar-refractivity contribution in [3.63, 3.8) is 0 Å². The SMILES string of the molecule is CC(C)(C)C(O)CN1CCCC2CCCCC21. The zero-order valence-electron chi connectivity index (χ0n) is 11.8. The molecule has 2 nitrogen and oxygen atoms in total. The predicted molar refractivity (Wildman–Crippen MR) is 72.0 cm³/mol. The van der Waals surface area contributed by atoms with Crippen molar-refractivity contribution in [2.24, 2.45) is 11.3 Å². The minimum Gasteiger partial charge on any atom is -0.391 e. The van der Waals surface area contributed by atoms with Crippen LogP contribution in [0.4, 0.5) is 0 Å². The Morgan fingerprint density at radius 3 is 2.47 bits per heavy atom. The van der Waals surface area contributed by atoms with Gasteiger partial charge in [0.1, 0.15) is 0 Å². The molecule has 1 saturated carbocycles. The molecular formula is C15H29NO. The number of nitrogens with zero attached hydrogens (tertiary/aromatic N) is 1. The van der Waals surface area contributed by atoms with Crippen LogP contribution in [0.1, 0.15) is 59.3 Å². The Balaban J connectivity index is 1.95. The summed E-state index contributed by atoms with van der Waals surface area (Å²) in [5.74, 6) is 0.921. The number of aliphatic hydroxyl groups excluding tert-OH is 1. The van der Waals surface area contributed by atoms with Gasteiger partial charge in [0, 0.05) is 12.6 Å². The molecule has 3 atom stereocenters. The lowest BCUT2D eigenvalue weighted by atomic mass is 9.77. The van der Waals surface area contributed by atoms with Gasteiger partial charge in [-0.2, -0.15) is 0 Å². The minimum atomic E-state index is -0.192. The third-order valence-electron chi connectivity index (χ3n) is 4.77. The Bertz CT molecular complexity index is 244. The summed E-state index contributed by atoms with van der Waals surface area (Å²) >= 11 is 0. The lowest BCUT2D eigenvalue weighted by Gasteiger charge is -2.46. The number of aliphatic hydroxyl groups is 1. The summed E-state index contributed by atoms with van der Waals surface area (Å²) in [7, 11) is 0. The Labute approximate surface area is 106 Å². The molecule has 0 aromatic heterocycles. The van der Waals surface area contributed by atoms with Crippen LogP contribution in [-0.4, -0.2) is 35.2 Å². The van der Waals surface area contributed by atoms with Gasteiger partial charge in [0.2, 0.25) is 0 Å². The number of fused-ring (bicyclic) bond motifs is 1. The van der Waals surface area contributed by atoms with Crippen molar-refractivity contribution in [3.05, 3.63) is 0 Å². The third-order valence-corrected chi connectivity index (χ3v) is 4.77. The van der Waals surface area contributed by atoms with Crippen molar-refractivity contribution in [1.29, 1.82) is 0 Å². The highest BCUT2D eigenvalue weighted by Gasteiger charge is 2.35. The Hall–Kier alpha value is -0.0800. The fraction of sp³-hybridized carbons (Fsp3) is 1.00. The maximum absolute atomic E-state index is 10.3. The molecule has 0 bridgehead atoms. The van der Waals surface area contributed by atoms with Crippen molar-refractivity contribution in [2.45, 2.75) is 71.4 Å². The molecule has 0 aromatic carbocycles. The van der Waals surface area contributed by atoms with E-state index in [1.54, 1.807) is 0 Å². The molecule has 0 spiro atoms. The average molecular weight is 239 g/mol. The molecule has 0 amide bonds. The molecule has 0 aromatic rings. The molecule has 1 heterocycles. The smallest absolute Gasteiger partial charge is 0.0715 e. The van der Waals surface area contributed by atoms with Crippen LogP contribution in [0.5, 0.6) is 0 Å². The van der Waals surface area contributed by atoms with Gasteiger partial charge in [-0.15, -0.1) is 0 Å². The van der Waals surface area contributed by atoms with Crippen LogP contribution < -0.4 is 0 Å². The summed E-state index contributed by atoms with van der Waals surface area (Å²) in [4.78, 5) is 2.59. The largest absolute Gasteiger partial charge is 0.391 e. The van der Waals surface area contributed by atoms with Gasteiger partial charge in [-0.3, -0.25) is 4.90 Å². The quantitative estimate of drug-likeness (QED) is 0.800. The Morgan fingerprint density at radius 1 is 1.12 bits per heavy atom. The van der Waals surface area contributed by atoms with Crippen LogP contribution in [0.2, 0.25) is 0 Å². The van der Waals surface area contributed by atoms with Crippen LogP contribution in [0.25, 0.3) is 0 Å². The molecule has 2 aliphatic rings. The third kappa shape index (κ3) is 3.23. The zero-order valence-corrected chi connectivity index (χ0v) is 11.8. The van der Waals surface area contributed by atoms with Gasteiger partial charge in [-0.25, -0.2) is 0 Å². The molecule has 2 rings (SSSR count). The first-order chi connectivity index (χ1) is 7.98. The van der Waals surface area contributed by atoms with E-state index in [-0.39, 0.29) is 11.5 Å². The molecule has 1 N–H and O–H groups in total. The van der Waals surface area contributed by atoms with Crippen LogP contribution in [0.3, 0.4) is 0 Å². The van der Waals surface area contributed by atoms with Gasteiger partial charge in [-0.1, -0.05) is 33.6 Å². The average Bonchev–Trinajstić information content (AvgIpc) is 2.28. The molecule has 3 unspecified atom stereocenters. The van der Waals surface area contributed by atoms with Crippen molar-refractivity contribution in [1.82, 2.24) is 4.90 Å². The zero-order chi connectivity index (χ0) is 12.5. The standard InChI is InChI=1S/C15H29NO/c1-15(2,3)14(17)11-16-10-6-8-12-7-4-5-9-13(12)16/h12-14,17H,4-11H2,1-3H3. The van der Waals surface area contributed by atoms with Gasteiger partial charge >= 0.3 is 0 Å². The van der Waals surface area contributed by atoms with Crippen LogP contribution in [-0.2, 0) is 0 Å². The van der Waals surface area contributed by atoms with E-state index in [1.165, 1.54) is 45.1 Å². The number of β-amino-alcohol motifs (C(OH)–C–C–N with tert-alkyl or cyclic N) is 1. The second kappa shape index (κ2) is 5.27. The van der Waals surface area contributed by atoms with E-state index in [9.17, 15) is 5.11 Å². The van der Waals surface area contributed by atoms with Crippen LogP contribution in [0.15, 0.2) is 0 Å². The molecule has 2 fully saturated rings. The second-order valence-electron chi connectivity index (χ2n) is 7.13. The molecule has 100 valence electrons. The molecule has 1 aliphatic heterocycles. The first-order valence-electron chi connectivity index (χ1n) is 7.40. The number of rotatable bonds is 2. The van der Waals surface area contributed by atoms with Gasteiger partial charge in [0.25, 0.3) is 0 Å². The number of hydrogen-bond donors (Lipinski definition) is 1. The van der Waals surface area contributed by atoms with E-state index in [4.69, 9.17) is 0 Å². The van der Waals surface area contributed by atoms with Crippen molar-refractivity contribution < 1.29 is 5.11 Å². The molecule has 0 radical (unpaired) electrons. The maximum Gasteiger partial charge on any atom is 0.0715 e. The van der Waals surface area contributed by atoms with E-state index in [0.717, 1.165) is 18.5 Å². The fourth-order valence-electron chi connectivity index (χ4n) is 3.45. The molecular weight excluding hydrogens is 210 g/mol. The number of piperidine rings is 1. The summed E-state index contributed by atoms with van der Waals surface area (Å²) in [6.07, 6.45) is 8.17. The van der Waals surface area contributed by atoms with Crippen molar-refractivity contribution >= 4 is 0 Å². The topological polar surface area (TPSA) is 23.5 Å². The van der Waals surface area contributed by atoms with E-state index in [0.29, 0.717) is 0 Å². The monoisotopic (exact) mass is 239 g/mol. The molecule has 17 heavy (non-hydrogen) atoms. The van der Waals surface area contributed by atoms with Gasteiger partial charge in [0.05, 0.1) is 6.10 Å². The summed E-state index contributed by atoms with van der Waals surface area (Å²) < 4.78 is 0. The summed E-state index contributed by atoms with van der Waals surface area (Å²) in [6, 6.07) is 0.773. The Kier molecular flexibility index (Phi) is 4.14. The van der Waals surface area contributed by atoms with Crippen LogP contribution in [0, 0.1) is 11.3 Å². The van der Waals surface area contributed by atoms with Crippen LogP contribution >= 0.6 is 0 Å². The summed E-state index contributed by atoms with van der Waals surface area (Å²) in [5, 5.41) is 10.3. The fourth-order valence-corrected chi connectivity index (χ4v) is 3.45. The van der Waals surface area contributed by atoms with Crippen molar-refractivity contribution in [2.75, 3.05) is 13.1 Å².